The second kappa shape index (κ2) is 5.96. The molecule has 0 saturated heterocycles. The van der Waals surface area contributed by atoms with Crippen molar-refractivity contribution in [1.82, 2.24) is 4.72 Å². The van der Waals surface area contributed by atoms with E-state index in [9.17, 15) is 28.7 Å². The van der Waals surface area contributed by atoms with Gasteiger partial charge in [0.15, 0.2) is 5.75 Å². The SMILES string of the molecule is O=[N+]([O-])c1cc(S(=O)(=O)NC2CCCCC2O)ccc1O. The first-order valence-electron chi connectivity index (χ1n) is 6.49. The van der Waals surface area contributed by atoms with Gasteiger partial charge < -0.3 is 10.2 Å². The number of nitrogens with zero attached hydrogens (tertiary/aromatic N) is 1. The number of phenols is 1. The lowest BCUT2D eigenvalue weighted by Gasteiger charge is -2.28. The third-order valence-electron chi connectivity index (χ3n) is 3.49. The van der Waals surface area contributed by atoms with Crippen LogP contribution in [0.1, 0.15) is 25.7 Å². The van der Waals surface area contributed by atoms with E-state index in [1.165, 1.54) is 0 Å². The van der Waals surface area contributed by atoms with Crippen LogP contribution in [0.2, 0.25) is 0 Å². The van der Waals surface area contributed by atoms with Gasteiger partial charge in [0.25, 0.3) is 0 Å². The van der Waals surface area contributed by atoms with Gasteiger partial charge in [-0.2, -0.15) is 0 Å². The highest BCUT2D eigenvalue weighted by Gasteiger charge is 2.29. The molecule has 3 N–H and O–H groups in total. The van der Waals surface area contributed by atoms with Gasteiger partial charge in [-0.05, 0) is 25.0 Å². The van der Waals surface area contributed by atoms with Crippen LogP contribution < -0.4 is 4.72 Å². The van der Waals surface area contributed by atoms with E-state index in [2.05, 4.69) is 4.72 Å². The number of sulfonamides is 1. The predicted octanol–water partition coefficient (Wildman–Crippen LogP) is 0.882. The number of nitro benzene ring substituents is 1. The first kappa shape index (κ1) is 15.7. The van der Waals surface area contributed by atoms with Gasteiger partial charge in [0.05, 0.1) is 15.9 Å². The fraction of sp³-hybridized carbons (Fsp3) is 0.500. The lowest BCUT2D eigenvalue weighted by molar-refractivity contribution is -0.386. The Bertz CT molecular complexity index is 645. The number of hydrogen-bond acceptors (Lipinski definition) is 6. The Morgan fingerprint density at radius 3 is 2.57 bits per heavy atom. The number of hydrogen-bond donors (Lipinski definition) is 3. The molecule has 1 aromatic carbocycles. The Balaban J connectivity index is 2.27. The second-order valence-corrected chi connectivity index (χ2v) is 6.70. The fourth-order valence-corrected chi connectivity index (χ4v) is 3.66. The first-order chi connectivity index (χ1) is 9.81. The number of aliphatic hydroxyl groups excluding tert-OH is 1. The van der Waals surface area contributed by atoms with Gasteiger partial charge in [-0.15, -0.1) is 0 Å². The highest BCUT2D eigenvalue weighted by atomic mass is 32.2. The number of aliphatic hydroxyl groups is 1. The Morgan fingerprint density at radius 2 is 1.95 bits per heavy atom. The quantitative estimate of drug-likeness (QED) is 0.558. The van der Waals surface area contributed by atoms with Gasteiger partial charge in [0.1, 0.15) is 0 Å². The van der Waals surface area contributed by atoms with Crippen molar-refractivity contribution in [1.29, 1.82) is 0 Å². The smallest absolute Gasteiger partial charge is 0.312 e. The molecule has 2 atom stereocenters. The van der Waals surface area contributed by atoms with Crippen LogP contribution in [0.5, 0.6) is 5.75 Å². The molecule has 1 aromatic rings. The molecule has 0 heterocycles. The Kier molecular flexibility index (Phi) is 4.45. The summed E-state index contributed by atoms with van der Waals surface area (Å²) < 4.78 is 26.8. The maximum absolute atomic E-state index is 12.2. The first-order valence-corrected chi connectivity index (χ1v) is 7.97. The van der Waals surface area contributed by atoms with Crippen LogP contribution in [-0.2, 0) is 10.0 Å². The molecule has 1 fully saturated rings. The highest BCUT2D eigenvalue weighted by Crippen LogP contribution is 2.29. The average molecular weight is 316 g/mol. The van der Waals surface area contributed by atoms with Crippen molar-refractivity contribution in [3.05, 3.63) is 28.3 Å². The number of aromatic hydroxyl groups is 1. The van der Waals surface area contributed by atoms with E-state index >= 15 is 0 Å². The molecular formula is C12H16N2O6S. The second-order valence-electron chi connectivity index (χ2n) is 4.99. The third kappa shape index (κ3) is 3.49. The highest BCUT2D eigenvalue weighted by molar-refractivity contribution is 7.89. The zero-order valence-corrected chi connectivity index (χ0v) is 11.9. The monoisotopic (exact) mass is 316 g/mol. The number of nitrogens with one attached hydrogen (secondary N) is 1. The van der Waals surface area contributed by atoms with E-state index < -0.39 is 38.5 Å². The topological polar surface area (TPSA) is 130 Å². The van der Waals surface area contributed by atoms with Crippen LogP contribution in [0.3, 0.4) is 0 Å². The molecular weight excluding hydrogens is 300 g/mol. The van der Waals surface area contributed by atoms with Crippen molar-refractivity contribution >= 4 is 15.7 Å². The van der Waals surface area contributed by atoms with Gasteiger partial charge in [-0.3, -0.25) is 10.1 Å². The maximum Gasteiger partial charge on any atom is 0.312 e. The van der Waals surface area contributed by atoms with Crippen molar-refractivity contribution in [3.63, 3.8) is 0 Å². The van der Waals surface area contributed by atoms with E-state index in [-0.39, 0.29) is 4.90 Å². The summed E-state index contributed by atoms with van der Waals surface area (Å²) in [6.45, 7) is 0. The summed E-state index contributed by atoms with van der Waals surface area (Å²) in [6, 6.07) is 2.24. The number of nitro groups is 1. The van der Waals surface area contributed by atoms with Crippen LogP contribution in [0.25, 0.3) is 0 Å². The van der Waals surface area contributed by atoms with E-state index in [0.717, 1.165) is 31.0 Å². The van der Waals surface area contributed by atoms with Crippen LogP contribution in [-0.4, -0.2) is 35.7 Å². The van der Waals surface area contributed by atoms with Crippen molar-refractivity contribution in [2.45, 2.75) is 42.7 Å². The summed E-state index contributed by atoms with van der Waals surface area (Å²) in [5.41, 5.74) is -0.679. The van der Waals surface area contributed by atoms with Crippen LogP contribution in [0, 0.1) is 10.1 Å². The summed E-state index contributed by atoms with van der Waals surface area (Å²) in [5.74, 6) is -0.600. The van der Waals surface area contributed by atoms with Crippen LogP contribution in [0.15, 0.2) is 23.1 Å². The van der Waals surface area contributed by atoms with Gasteiger partial charge >= 0.3 is 5.69 Å². The molecule has 0 aliphatic heterocycles. The minimum Gasteiger partial charge on any atom is -0.502 e. The summed E-state index contributed by atoms with van der Waals surface area (Å²) in [4.78, 5) is 9.56. The zero-order valence-electron chi connectivity index (χ0n) is 11.1. The molecule has 21 heavy (non-hydrogen) atoms. The molecule has 8 nitrogen and oxygen atoms in total. The molecule has 0 amide bonds. The molecule has 1 aliphatic rings. The van der Waals surface area contributed by atoms with Crippen LogP contribution in [0.4, 0.5) is 5.69 Å². The number of benzene rings is 1. The van der Waals surface area contributed by atoms with Gasteiger partial charge in [-0.25, -0.2) is 13.1 Å². The molecule has 1 saturated carbocycles. The average Bonchev–Trinajstić information content (AvgIpc) is 2.41. The van der Waals surface area contributed by atoms with Gasteiger partial charge in [-0.1, -0.05) is 12.8 Å². The lowest BCUT2D eigenvalue weighted by atomic mass is 9.93. The minimum atomic E-state index is -3.99. The van der Waals surface area contributed by atoms with E-state index in [1.54, 1.807) is 0 Å². The minimum absolute atomic E-state index is 0.315. The molecule has 1 aliphatic carbocycles. The molecule has 2 rings (SSSR count). The van der Waals surface area contributed by atoms with E-state index in [1.807, 2.05) is 0 Å². The predicted molar refractivity (Wildman–Crippen MR) is 73.3 cm³/mol. The Morgan fingerprint density at radius 1 is 1.29 bits per heavy atom. The molecule has 0 radical (unpaired) electrons. The van der Waals surface area contributed by atoms with Gasteiger partial charge in [0.2, 0.25) is 10.0 Å². The Hall–Kier alpha value is -1.71. The maximum atomic E-state index is 12.2. The molecule has 0 spiro atoms. The van der Waals surface area contributed by atoms with Crippen molar-refractivity contribution < 1.29 is 23.6 Å². The molecule has 116 valence electrons. The molecule has 9 heteroatoms. The van der Waals surface area contributed by atoms with Gasteiger partial charge in [0, 0.05) is 12.1 Å². The normalized spacial score (nSPS) is 22.9. The van der Waals surface area contributed by atoms with E-state index in [4.69, 9.17) is 0 Å². The summed E-state index contributed by atoms with van der Waals surface area (Å²) in [5, 5.41) is 29.9. The molecule has 0 bridgehead atoms. The summed E-state index contributed by atoms with van der Waals surface area (Å²) in [6.07, 6.45) is 1.91. The Labute approximate surface area is 121 Å². The largest absolute Gasteiger partial charge is 0.502 e. The number of rotatable bonds is 4. The molecule has 0 aromatic heterocycles. The van der Waals surface area contributed by atoms with Crippen molar-refractivity contribution in [2.75, 3.05) is 0 Å². The summed E-state index contributed by atoms with van der Waals surface area (Å²) >= 11 is 0. The lowest BCUT2D eigenvalue weighted by Crippen LogP contribution is -2.44. The summed E-state index contributed by atoms with van der Waals surface area (Å²) in [7, 11) is -3.99. The molecule has 2 unspecified atom stereocenters. The van der Waals surface area contributed by atoms with Crippen LogP contribution >= 0.6 is 0 Å². The fourth-order valence-electron chi connectivity index (χ4n) is 2.33. The zero-order chi connectivity index (χ0) is 15.6. The number of phenolic OH excluding ortho intramolecular Hbond substituents is 1. The van der Waals surface area contributed by atoms with E-state index in [0.29, 0.717) is 12.8 Å². The third-order valence-corrected chi connectivity index (χ3v) is 4.98. The van der Waals surface area contributed by atoms with Crippen molar-refractivity contribution in [3.8, 4) is 5.75 Å². The van der Waals surface area contributed by atoms with Crippen molar-refractivity contribution in [2.24, 2.45) is 0 Å². The standard InChI is InChI=1S/C12H16N2O6S/c15-11-4-2-1-3-9(11)13-21(19,20)8-5-6-12(16)10(7-8)14(17)18/h5-7,9,11,13,15-16H,1-4H2.